The maximum atomic E-state index is 10.3. The van der Waals surface area contributed by atoms with Crippen LogP contribution < -0.4 is 0 Å². The Morgan fingerprint density at radius 1 is 0.359 bits per heavy atom. The topological polar surface area (TPSA) is 109 Å². The molecule has 0 rings (SSSR count). The van der Waals surface area contributed by atoms with E-state index in [9.17, 15) is 14.4 Å². The molecule has 2 N–H and O–H groups in total. The van der Waals surface area contributed by atoms with Crippen LogP contribution >= 0.6 is 0 Å². The second kappa shape index (κ2) is 68.7. The van der Waals surface area contributed by atoms with Crippen LogP contribution in [0, 0.1) is 24.2 Å². The van der Waals surface area contributed by atoms with Crippen molar-refractivity contribution < 1.29 is 48.3 Å². The van der Waals surface area contributed by atoms with Gasteiger partial charge in [-0.05, 0) is 30.6 Å². The van der Waals surface area contributed by atoms with Crippen molar-refractivity contribution >= 4 is 18.2 Å². The summed E-state index contributed by atoms with van der Waals surface area (Å²) in [7, 11) is 0. The second-order valence-electron chi connectivity index (χ2n) is 20.0. The first-order chi connectivity index (χ1) is 30.9. The molecule has 0 aromatic carbocycles. The molecule has 0 aliphatic carbocycles. The Morgan fingerprint density at radius 3 is 0.672 bits per heavy atom. The van der Waals surface area contributed by atoms with E-state index in [1.807, 2.05) is 26.6 Å². The number of carboxylic acid groups (broad SMARTS) is 2. The fourth-order valence-corrected chi connectivity index (χ4v) is 7.71. The third-order valence-electron chi connectivity index (χ3n) is 11.7. The Labute approximate surface area is 413 Å². The standard InChI is InChI=1S/2C18H36O2.C18H35O.C3H7.O.Ti/c2*1-17(2)15-13-11-9-7-5-3-4-6-8-10-12-14-16-18(19)20;1-18(2)16-14-12-10-8-6-4-3-5-7-9-11-13-15-17-19;1-3-2;;/h2*17H,3-16H2,1-2H3,(H,19,20);18H,3-16H2,1-2H3;3H,1-2H3;;/q;;2*-1;;+2. The van der Waals surface area contributed by atoms with Crippen LogP contribution in [0.5, 0.6) is 0 Å². The summed E-state index contributed by atoms with van der Waals surface area (Å²) >= 11 is 0.750. The quantitative estimate of drug-likeness (QED) is 0.0358. The number of carbonyl (C=O) groups is 2. The first-order valence-electron chi connectivity index (χ1n) is 27.7. The molecule has 0 bridgehead atoms. The number of rotatable bonds is 45. The van der Waals surface area contributed by atoms with Gasteiger partial charge in [0.1, 0.15) is 0 Å². The van der Waals surface area contributed by atoms with E-state index in [2.05, 4.69) is 41.5 Å². The predicted molar refractivity (Wildman–Crippen MR) is 276 cm³/mol. The number of hydrogen-bond donors (Lipinski definition) is 2. The van der Waals surface area contributed by atoms with Gasteiger partial charge in [-0.3, -0.25) is 15.9 Å². The van der Waals surface area contributed by atoms with E-state index in [1.54, 1.807) is 0 Å². The third kappa shape index (κ3) is 91.6. The average molecular weight is 943 g/mol. The van der Waals surface area contributed by atoms with Gasteiger partial charge in [0.15, 0.2) is 0 Å². The summed E-state index contributed by atoms with van der Waals surface area (Å²) in [4.78, 5) is 30.7. The van der Waals surface area contributed by atoms with Gasteiger partial charge in [-0.1, -0.05) is 279 Å². The first kappa shape index (κ1) is 72.1. The van der Waals surface area contributed by atoms with Gasteiger partial charge in [-0.2, -0.15) is 20.3 Å². The molecular formula is C57H114O6Ti. The van der Waals surface area contributed by atoms with Gasteiger partial charge in [0, 0.05) is 12.8 Å². The summed E-state index contributed by atoms with van der Waals surface area (Å²) in [6.45, 7) is 17.9. The molecule has 6 nitrogen and oxygen atoms in total. The zero-order valence-electron chi connectivity index (χ0n) is 44.5. The van der Waals surface area contributed by atoms with Crippen LogP contribution in [0.2, 0.25) is 0 Å². The van der Waals surface area contributed by atoms with Crippen molar-refractivity contribution in [2.75, 3.05) is 0 Å². The summed E-state index contributed by atoms with van der Waals surface area (Å²) < 4.78 is 8.25. The molecule has 0 fully saturated rings. The fourth-order valence-electron chi connectivity index (χ4n) is 7.71. The van der Waals surface area contributed by atoms with E-state index in [4.69, 9.17) is 13.5 Å². The predicted octanol–water partition coefficient (Wildman–Crippen LogP) is 19.7. The van der Waals surface area contributed by atoms with Crippen LogP contribution in [-0.2, 0) is 38.1 Å². The van der Waals surface area contributed by atoms with Crippen molar-refractivity contribution in [2.24, 2.45) is 17.8 Å². The first-order valence-corrected chi connectivity index (χ1v) is 28.3. The fraction of sp³-hybridized carbons (Fsp3) is 0.930. The summed E-state index contributed by atoms with van der Waals surface area (Å²) in [5.41, 5.74) is 0. The minimum absolute atomic E-state index is 0.344. The van der Waals surface area contributed by atoms with Gasteiger partial charge in [0.2, 0.25) is 0 Å². The van der Waals surface area contributed by atoms with Crippen molar-refractivity contribution in [2.45, 2.75) is 325 Å². The SMILES string of the molecule is CC(C)CCCCCCCCCCCCCCC(=O)O.CC(C)CCCCCCCCCCCCCCC(=O)O.CC(C)CCCCCCCCCCCCCC[C-]=O.C[CH-]C.[O]=[Ti+2]. The Hall–Kier alpha value is -0.876. The van der Waals surface area contributed by atoms with Crippen molar-refractivity contribution in [3.8, 4) is 0 Å². The van der Waals surface area contributed by atoms with Crippen LogP contribution in [-0.4, -0.2) is 28.4 Å². The van der Waals surface area contributed by atoms with Gasteiger partial charge in [0.25, 0.3) is 0 Å². The molecule has 0 aromatic heterocycles. The Morgan fingerprint density at radius 2 is 0.516 bits per heavy atom. The van der Waals surface area contributed by atoms with Gasteiger partial charge < -0.3 is 21.4 Å². The van der Waals surface area contributed by atoms with Gasteiger partial charge >= 0.3 is 35.7 Å². The van der Waals surface area contributed by atoms with Gasteiger partial charge in [0.05, 0.1) is 0 Å². The summed E-state index contributed by atoms with van der Waals surface area (Å²) in [5, 5.41) is 17.0. The van der Waals surface area contributed by atoms with E-state index >= 15 is 0 Å². The minimum atomic E-state index is -0.654. The molecular weight excluding hydrogens is 828 g/mol. The number of carbonyl (C=O) groups excluding carboxylic acids is 1. The Bertz CT molecular complexity index is 802. The van der Waals surface area contributed by atoms with Crippen LogP contribution in [0.25, 0.3) is 0 Å². The van der Waals surface area contributed by atoms with Crippen LogP contribution in [0.1, 0.15) is 325 Å². The van der Waals surface area contributed by atoms with Crippen molar-refractivity contribution in [3.63, 3.8) is 0 Å². The molecule has 0 radical (unpaired) electrons. The van der Waals surface area contributed by atoms with Crippen LogP contribution in [0.4, 0.5) is 0 Å². The van der Waals surface area contributed by atoms with E-state index < -0.39 is 11.9 Å². The maximum absolute atomic E-state index is 10.3. The molecule has 0 aromatic rings. The zero-order chi connectivity index (χ0) is 49.0. The summed E-state index contributed by atoms with van der Waals surface area (Å²) in [6, 6.07) is 0. The average Bonchev–Trinajstić information content (AvgIpc) is 3.25. The van der Waals surface area contributed by atoms with Crippen LogP contribution in [0.3, 0.4) is 0 Å². The zero-order valence-corrected chi connectivity index (χ0v) is 46.1. The molecule has 0 spiro atoms. The Kier molecular flexibility index (Phi) is 77.4. The molecule has 0 atom stereocenters. The monoisotopic (exact) mass is 943 g/mol. The van der Waals surface area contributed by atoms with Crippen molar-refractivity contribution in [3.05, 3.63) is 6.42 Å². The molecule has 0 aliphatic heterocycles. The molecule has 0 heterocycles. The van der Waals surface area contributed by atoms with Crippen LogP contribution in [0.15, 0.2) is 0 Å². The molecule has 0 amide bonds. The number of hydrogen-bond acceptors (Lipinski definition) is 4. The normalized spacial score (nSPS) is 10.6. The van der Waals surface area contributed by atoms with Crippen molar-refractivity contribution in [1.29, 1.82) is 0 Å². The van der Waals surface area contributed by atoms with Gasteiger partial charge in [-0.15, -0.1) is 0 Å². The van der Waals surface area contributed by atoms with Crippen molar-refractivity contribution in [1.82, 2.24) is 0 Å². The molecule has 7 heteroatoms. The third-order valence-corrected chi connectivity index (χ3v) is 11.7. The van der Waals surface area contributed by atoms with Gasteiger partial charge in [-0.25, -0.2) is 0 Å². The number of unbranched alkanes of at least 4 members (excludes halogenated alkanes) is 34. The van der Waals surface area contributed by atoms with E-state index in [-0.39, 0.29) is 0 Å². The molecule has 0 saturated heterocycles. The summed E-state index contributed by atoms with van der Waals surface area (Å²) in [5.74, 6) is 1.30. The summed E-state index contributed by atoms with van der Waals surface area (Å²) in [6.07, 6.45) is 57.0. The van der Waals surface area contributed by atoms with E-state index in [0.717, 1.165) is 70.3 Å². The molecule has 0 aliphatic rings. The Balaban J connectivity index is -0.000000258. The van der Waals surface area contributed by atoms with E-state index in [1.165, 1.54) is 218 Å². The molecule has 64 heavy (non-hydrogen) atoms. The molecule has 0 saturated carbocycles. The molecule has 382 valence electrons. The second-order valence-corrected chi connectivity index (χ2v) is 20.0. The molecule has 0 unspecified atom stereocenters. The van der Waals surface area contributed by atoms with E-state index in [0.29, 0.717) is 19.3 Å². The number of carboxylic acids is 2. The number of aliphatic carboxylic acids is 2.